The molecule has 0 radical (unpaired) electrons. The van der Waals surface area contributed by atoms with E-state index in [-0.39, 0.29) is 4.90 Å². The largest absolute Gasteiger partial charge is 0.340 e. The van der Waals surface area contributed by atoms with Gasteiger partial charge in [-0.25, -0.2) is 29.2 Å². The molecule has 7 nitrogen and oxygen atoms in total. The van der Waals surface area contributed by atoms with Crippen molar-refractivity contribution in [3.8, 4) is 0 Å². The van der Waals surface area contributed by atoms with Crippen molar-refractivity contribution in [1.82, 2.24) is 0 Å². The first kappa shape index (κ1) is 16.4. The molecule has 0 aromatic heterocycles. The standard InChI is InChI=1S/C16H18N4O3S/c17-20(14-7-4-11-2-1-3-12(11)10-14)16(21)19-13-5-8-15(9-6-13)24(18,22)23/h4-10H,1-3,17H2,(H,19,21)(H2,18,22,23). The van der Waals surface area contributed by atoms with E-state index in [2.05, 4.69) is 5.32 Å². The van der Waals surface area contributed by atoms with Gasteiger partial charge in [-0.1, -0.05) is 6.07 Å². The smallest absolute Gasteiger partial charge is 0.306 e. The minimum atomic E-state index is -3.76. The van der Waals surface area contributed by atoms with Crippen molar-refractivity contribution in [2.45, 2.75) is 24.2 Å². The summed E-state index contributed by atoms with van der Waals surface area (Å²) in [6.45, 7) is 0. The Morgan fingerprint density at radius 3 is 2.38 bits per heavy atom. The number of carbonyl (C=O) groups excluding carboxylic acids is 1. The van der Waals surface area contributed by atoms with Crippen molar-refractivity contribution in [1.29, 1.82) is 0 Å². The third-order valence-corrected chi connectivity index (χ3v) is 4.94. The van der Waals surface area contributed by atoms with Crippen LogP contribution in [0.4, 0.5) is 16.2 Å². The third-order valence-electron chi connectivity index (χ3n) is 4.01. The molecule has 5 N–H and O–H groups in total. The van der Waals surface area contributed by atoms with E-state index in [4.69, 9.17) is 11.0 Å². The first-order valence-electron chi connectivity index (χ1n) is 7.45. The fourth-order valence-corrected chi connectivity index (χ4v) is 3.25. The number of hydrogen-bond acceptors (Lipinski definition) is 4. The predicted octanol–water partition coefficient (Wildman–Crippen LogP) is 1.73. The maximum absolute atomic E-state index is 12.2. The van der Waals surface area contributed by atoms with Crippen LogP contribution in [0.1, 0.15) is 17.5 Å². The van der Waals surface area contributed by atoms with Crippen LogP contribution in [-0.2, 0) is 22.9 Å². The second-order valence-corrected chi connectivity index (χ2v) is 7.24. The second-order valence-electron chi connectivity index (χ2n) is 5.68. The molecule has 0 saturated heterocycles. The summed E-state index contributed by atoms with van der Waals surface area (Å²) in [5.41, 5.74) is 3.54. The maximum atomic E-state index is 12.2. The van der Waals surface area contributed by atoms with E-state index >= 15 is 0 Å². The van der Waals surface area contributed by atoms with Crippen molar-refractivity contribution < 1.29 is 13.2 Å². The summed E-state index contributed by atoms with van der Waals surface area (Å²) >= 11 is 0. The first-order chi connectivity index (χ1) is 11.3. The average molecular weight is 346 g/mol. The number of nitrogens with one attached hydrogen (secondary N) is 1. The van der Waals surface area contributed by atoms with Gasteiger partial charge in [0.25, 0.3) is 0 Å². The molecule has 0 fully saturated rings. The van der Waals surface area contributed by atoms with Crippen molar-refractivity contribution in [3.05, 3.63) is 53.6 Å². The molecular formula is C16H18N4O3S. The number of hydrogen-bond donors (Lipinski definition) is 3. The number of primary sulfonamides is 1. The van der Waals surface area contributed by atoms with Gasteiger partial charge >= 0.3 is 6.03 Å². The first-order valence-corrected chi connectivity index (χ1v) is 9.00. The molecule has 0 unspecified atom stereocenters. The summed E-state index contributed by atoms with van der Waals surface area (Å²) in [5, 5.41) is 8.68. The van der Waals surface area contributed by atoms with Crippen molar-refractivity contribution in [3.63, 3.8) is 0 Å². The molecule has 0 heterocycles. The van der Waals surface area contributed by atoms with E-state index in [1.165, 1.54) is 35.4 Å². The molecule has 2 aromatic carbocycles. The lowest BCUT2D eigenvalue weighted by molar-refractivity contribution is 0.257. The Labute approximate surface area is 140 Å². The minimum Gasteiger partial charge on any atom is -0.306 e. The predicted molar refractivity (Wildman–Crippen MR) is 92.0 cm³/mol. The second kappa shape index (κ2) is 6.23. The zero-order chi connectivity index (χ0) is 17.3. The molecule has 0 aliphatic heterocycles. The highest BCUT2D eigenvalue weighted by Gasteiger charge is 2.16. The number of fused-ring (bicyclic) bond motifs is 1. The molecule has 1 aliphatic rings. The number of hydrazine groups is 1. The Kier molecular flexibility index (Phi) is 4.27. The molecule has 0 spiro atoms. The lowest BCUT2D eigenvalue weighted by atomic mass is 10.1. The summed E-state index contributed by atoms with van der Waals surface area (Å²) in [6.07, 6.45) is 3.17. The number of amides is 2. The van der Waals surface area contributed by atoms with Gasteiger partial charge in [0.1, 0.15) is 0 Å². The van der Waals surface area contributed by atoms with Crippen LogP contribution in [0, 0.1) is 0 Å². The maximum Gasteiger partial charge on any atom is 0.340 e. The number of aryl methyl sites for hydroxylation is 2. The number of anilines is 2. The lowest BCUT2D eigenvalue weighted by Gasteiger charge is -2.18. The minimum absolute atomic E-state index is 0.0243. The highest BCUT2D eigenvalue weighted by Crippen LogP contribution is 2.26. The Morgan fingerprint density at radius 1 is 1.04 bits per heavy atom. The van der Waals surface area contributed by atoms with Gasteiger partial charge in [0.15, 0.2) is 0 Å². The van der Waals surface area contributed by atoms with E-state index < -0.39 is 16.1 Å². The monoisotopic (exact) mass is 346 g/mol. The summed E-state index contributed by atoms with van der Waals surface area (Å²) in [4.78, 5) is 12.2. The highest BCUT2D eigenvalue weighted by atomic mass is 32.2. The van der Waals surface area contributed by atoms with Crippen LogP contribution in [0.5, 0.6) is 0 Å². The highest BCUT2D eigenvalue weighted by molar-refractivity contribution is 7.89. The van der Waals surface area contributed by atoms with Crippen LogP contribution in [-0.4, -0.2) is 14.4 Å². The van der Waals surface area contributed by atoms with Gasteiger partial charge in [-0.3, -0.25) is 0 Å². The van der Waals surface area contributed by atoms with Crippen molar-refractivity contribution in [2.24, 2.45) is 11.0 Å². The van der Waals surface area contributed by atoms with Crippen molar-refractivity contribution >= 4 is 27.4 Å². The zero-order valence-electron chi connectivity index (χ0n) is 12.9. The van der Waals surface area contributed by atoms with Gasteiger partial charge < -0.3 is 5.32 Å². The Morgan fingerprint density at radius 2 is 1.71 bits per heavy atom. The zero-order valence-corrected chi connectivity index (χ0v) is 13.7. The van der Waals surface area contributed by atoms with E-state index in [1.807, 2.05) is 18.2 Å². The number of nitrogens with two attached hydrogens (primary N) is 2. The fraction of sp³-hybridized carbons (Fsp3) is 0.188. The quantitative estimate of drug-likeness (QED) is 0.445. The summed E-state index contributed by atoms with van der Waals surface area (Å²) in [5.74, 6) is 5.89. The van der Waals surface area contributed by atoms with Crippen molar-refractivity contribution in [2.75, 3.05) is 10.3 Å². The normalized spacial score (nSPS) is 13.4. The summed E-state index contributed by atoms with van der Waals surface area (Å²) < 4.78 is 22.4. The Balaban J connectivity index is 1.72. The van der Waals surface area contributed by atoms with Crippen LogP contribution >= 0.6 is 0 Å². The van der Waals surface area contributed by atoms with Gasteiger partial charge in [-0.05, 0) is 66.8 Å². The Hall–Kier alpha value is -2.42. The van der Waals surface area contributed by atoms with Gasteiger partial charge in [0, 0.05) is 5.69 Å². The number of sulfonamides is 1. The summed E-state index contributed by atoms with van der Waals surface area (Å²) in [6, 6.07) is 10.8. The molecule has 1 aliphatic carbocycles. The van der Waals surface area contributed by atoms with Crippen LogP contribution < -0.4 is 21.3 Å². The molecule has 126 valence electrons. The van der Waals surface area contributed by atoms with Gasteiger partial charge in [0.05, 0.1) is 10.6 Å². The molecular weight excluding hydrogens is 328 g/mol. The SMILES string of the molecule is NN(C(=O)Nc1ccc(S(N)(=O)=O)cc1)c1ccc2c(c1)CCC2. The van der Waals surface area contributed by atoms with Crippen LogP contribution in [0.3, 0.4) is 0 Å². The number of urea groups is 1. The summed E-state index contributed by atoms with van der Waals surface area (Å²) in [7, 11) is -3.76. The lowest BCUT2D eigenvalue weighted by Crippen LogP contribution is -2.40. The van der Waals surface area contributed by atoms with Gasteiger partial charge in [-0.15, -0.1) is 0 Å². The molecule has 3 rings (SSSR count). The molecule has 0 atom stereocenters. The Bertz CT molecular complexity index is 879. The fourth-order valence-electron chi connectivity index (χ4n) is 2.74. The van der Waals surface area contributed by atoms with Gasteiger partial charge in [0.2, 0.25) is 10.0 Å². The molecule has 24 heavy (non-hydrogen) atoms. The molecule has 2 amide bonds. The van der Waals surface area contributed by atoms with E-state index in [0.29, 0.717) is 11.4 Å². The number of carbonyl (C=O) groups is 1. The number of rotatable bonds is 3. The van der Waals surface area contributed by atoms with E-state index in [9.17, 15) is 13.2 Å². The van der Waals surface area contributed by atoms with E-state index in [0.717, 1.165) is 24.3 Å². The topological polar surface area (TPSA) is 119 Å². The molecule has 0 bridgehead atoms. The third kappa shape index (κ3) is 3.40. The van der Waals surface area contributed by atoms with Gasteiger partial charge in [-0.2, -0.15) is 0 Å². The van der Waals surface area contributed by atoms with Crippen LogP contribution in [0.2, 0.25) is 0 Å². The molecule has 2 aromatic rings. The molecule has 8 heteroatoms. The van der Waals surface area contributed by atoms with Crippen LogP contribution in [0.25, 0.3) is 0 Å². The number of nitrogens with zero attached hydrogens (tertiary/aromatic N) is 1. The number of benzene rings is 2. The van der Waals surface area contributed by atoms with Crippen LogP contribution in [0.15, 0.2) is 47.4 Å². The molecule has 0 saturated carbocycles. The average Bonchev–Trinajstić information content (AvgIpc) is 3.01. The van der Waals surface area contributed by atoms with E-state index in [1.54, 1.807) is 0 Å².